The summed E-state index contributed by atoms with van der Waals surface area (Å²) in [6.07, 6.45) is -2.30. The molecule has 1 aliphatic heterocycles. The number of halogens is 1. The predicted molar refractivity (Wildman–Crippen MR) is 137 cm³/mol. The second kappa shape index (κ2) is 10.6. The predicted octanol–water partition coefficient (Wildman–Crippen LogP) is 5.31. The molecular formula is C30H23FN2O4. The van der Waals surface area contributed by atoms with Gasteiger partial charge in [0.15, 0.2) is 5.78 Å². The normalized spacial score (nSPS) is 16.1. The zero-order chi connectivity index (χ0) is 25.8. The van der Waals surface area contributed by atoms with Crippen LogP contribution in [0.1, 0.15) is 27.5 Å². The van der Waals surface area contributed by atoms with E-state index in [0.717, 1.165) is 16.0 Å². The molecule has 0 bridgehead atoms. The lowest BCUT2D eigenvalue weighted by Crippen LogP contribution is -2.51. The summed E-state index contributed by atoms with van der Waals surface area (Å²) in [5, 5.41) is 3.30. The minimum atomic E-state index is -1.43. The van der Waals surface area contributed by atoms with Gasteiger partial charge in [-0.25, -0.2) is 14.1 Å². The van der Waals surface area contributed by atoms with Gasteiger partial charge in [-0.15, -0.1) is 0 Å². The fourth-order valence-electron chi connectivity index (χ4n) is 4.40. The van der Waals surface area contributed by atoms with Crippen molar-refractivity contribution in [1.82, 2.24) is 5.32 Å². The quantitative estimate of drug-likeness (QED) is 0.336. The molecule has 2 amide bonds. The number of nitrogens with zero attached hydrogens (tertiary/aromatic N) is 1. The van der Waals surface area contributed by atoms with E-state index in [2.05, 4.69) is 5.32 Å². The lowest BCUT2D eigenvalue weighted by atomic mass is 9.93. The molecule has 0 unspecified atom stereocenters. The Kier molecular flexibility index (Phi) is 6.87. The van der Waals surface area contributed by atoms with Gasteiger partial charge in [0.2, 0.25) is 6.10 Å². The lowest BCUT2D eigenvalue weighted by Gasteiger charge is -2.28. The Labute approximate surface area is 213 Å². The standard InChI is InChI=1S/C30H23FN2O4/c31-23-18-16-22(17-19-23)27(34)26(28-29(35)33(30(36)37-28)24-14-8-3-9-15-24)32-25(20-10-4-1-5-11-20)21-12-6-2-7-13-21/h1-19,25-26,28,32H/t26-,28+/m1/s1. The van der Waals surface area contributed by atoms with Crippen LogP contribution in [0.2, 0.25) is 0 Å². The second-order valence-corrected chi connectivity index (χ2v) is 8.58. The maximum atomic E-state index is 13.8. The molecule has 1 aliphatic rings. The number of para-hydroxylation sites is 1. The highest BCUT2D eigenvalue weighted by Gasteiger charge is 2.49. The molecule has 184 valence electrons. The second-order valence-electron chi connectivity index (χ2n) is 8.58. The highest BCUT2D eigenvalue weighted by Crippen LogP contribution is 2.29. The van der Waals surface area contributed by atoms with Crippen LogP contribution in [-0.4, -0.2) is 29.9 Å². The van der Waals surface area contributed by atoms with E-state index in [1.165, 1.54) is 24.3 Å². The van der Waals surface area contributed by atoms with Crippen molar-refractivity contribution >= 4 is 23.5 Å². The summed E-state index contributed by atoms with van der Waals surface area (Å²) < 4.78 is 19.1. The number of amides is 2. The summed E-state index contributed by atoms with van der Waals surface area (Å²) in [5.74, 6) is -1.66. The average Bonchev–Trinajstić information content (AvgIpc) is 3.24. The molecule has 1 heterocycles. The molecule has 0 aromatic heterocycles. The summed E-state index contributed by atoms with van der Waals surface area (Å²) >= 11 is 0. The van der Waals surface area contributed by atoms with Crippen molar-refractivity contribution in [2.45, 2.75) is 18.2 Å². The maximum Gasteiger partial charge on any atom is 0.422 e. The van der Waals surface area contributed by atoms with Gasteiger partial charge in [0.1, 0.15) is 11.9 Å². The summed E-state index contributed by atoms with van der Waals surface area (Å²) in [6, 6.07) is 30.6. The van der Waals surface area contributed by atoms with Crippen LogP contribution in [0, 0.1) is 5.82 Å². The first-order valence-corrected chi connectivity index (χ1v) is 11.8. The number of hydrogen-bond acceptors (Lipinski definition) is 5. The zero-order valence-electron chi connectivity index (χ0n) is 19.7. The highest BCUT2D eigenvalue weighted by molar-refractivity contribution is 6.20. The van der Waals surface area contributed by atoms with Crippen LogP contribution in [0.25, 0.3) is 0 Å². The molecule has 5 rings (SSSR count). The van der Waals surface area contributed by atoms with Crippen LogP contribution >= 0.6 is 0 Å². The van der Waals surface area contributed by atoms with Crippen LogP contribution in [0.4, 0.5) is 14.9 Å². The topological polar surface area (TPSA) is 75.7 Å². The van der Waals surface area contributed by atoms with Crippen LogP contribution < -0.4 is 10.2 Å². The first-order chi connectivity index (χ1) is 18.0. The number of anilines is 1. The van der Waals surface area contributed by atoms with Crippen molar-refractivity contribution in [3.8, 4) is 0 Å². The molecule has 0 saturated carbocycles. The molecule has 1 fully saturated rings. The van der Waals surface area contributed by atoms with Gasteiger partial charge in [0.05, 0.1) is 11.7 Å². The SMILES string of the molecule is O=C(c1ccc(F)cc1)[C@@H](NC(c1ccccc1)c1ccccc1)[C@@H]1OC(=O)N(c2ccccc2)C1=O. The lowest BCUT2D eigenvalue weighted by molar-refractivity contribution is -0.122. The van der Waals surface area contributed by atoms with E-state index in [1.807, 2.05) is 60.7 Å². The number of hydrogen-bond donors (Lipinski definition) is 1. The molecule has 6 nitrogen and oxygen atoms in total. The molecule has 37 heavy (non-hydrogen) atoms. The van der Waals surface area contributed by atoms with Crippen LogP contribution in [-0.2, 0) is 9.53 Å². The number of ether oxygens (including phenoxy) is 1. The molecular weight excluding hydrogens is 471 g/mol. The first-order valence-electron chi connectivity index (χ1n) is 11.8. The van der Waals surface area contributed by atoms with E-state index < -0.39 is 41.8 Å². The molecule has 0 aliphatic carbocycles. The van der Waals surface area contributed by atoms with Gasteiger partial charge in [-0.1, -0.05) is 78.9 Å². The maximum absolute atomic E-state index is 13.8. The third-order valence-corrected chi connectivity index (χ3v) is 6.21. The smallest absolute Gasteiger partial charge is 0.422 e. The molecule has 4 aromatic carbocycles. The number of carbonyl (C=O) groups is 3. The zero-order valence-corrected chi connectivity index (χ0v) is 19.7. The summed E-state index contributed by atoms with van der Waals surface area (Å²) in [5.41, 5.74) is 2.22. The molecule has 0 spiro atoms. The van der Waals surface area contributed by atoms with Crippen molar-refractivity contribution < 1.29 is 23.5 Å². The Morgan fingerprint density at radius 3 is 1.81 bits per heavy atom. The molecule has 1 N–H and O–H groups in total. The van der Waals surface area contributed by atoms with E-state index in [1.54, 1.807) is 30.3 Å². The number of ketones is 1. The molecule has 7 heteroatoms. The van der Waals surface area contributed by atoms with Crippen molar-refractivity contribution in [3.05, 3.63) is 138 Å². The number of nitrogens with one attached hydrogen (secondary N) is 1. The fraction of sp³-hybridized carbons (Fsp3) is 0.100. The van der Waals surface area contributed by atoms with Gasteiger partial charge >= 0.3 is 6.09 Å². The van der Waals surface area contributed by atoms with Gasteiger partial charge in [-0.05, 0) is 47.5 Å². The highest BCUT2D eigenvalue weighted by atomic mass is 19.1. The van der Waals surface area contributed by atoms with Gasteiger partial charge in [-0.3, -0.25) is 14.9 Å². The Bertz CT molecular complexity index is 1360. The largest absolute Gasteiger partial charge is 0.433 e. The van der Waals surface area contributed by atoms with Gasteiger partial charge < -0.3 is 4.74 Å². The summed E-state index contributed by atoms with van der Waals surface area (Å²) in [7, 11) is 0. The average molecular weight is 495 g/mol. The Balaban J connectivity index is 1.56. The summed E-state index contributed by atoms with van der Waals surface area (Å²) in [6.45, 7) is 0. The van der Waals surface area contributed by atoms with Crippen LogP contribution in [0.15, 0.2) is 115 Å². The number of Topliss-reactive ketones (excluding diaryl/α,β-unsaturated/α-hetero) is 1. The van der Waals surface area contributed by atoms with Crippen molar-refractivity contribution in [1.29, 1.82) is 0 Å². The van der Waals surface area contributed by atoms with Crippen LogP contribution in [0.3, 0.4) is 0 Å². The molecule has 4 aromatic rings. The van der Waals surface area contributed by atoms with Crippen LogP contribution in [0.5, 0.6) is 0 Å². The minimum absolute atomic E-state index is 0.181. The Morgan fingerprint density at radius 1 is 0.757 bits per heavy atom. The summed E-state index contributed by atoms with van der Waals surface area (Å²) in [4.78, 5) is 41.1. The van der Waals surface area contributed by atoms with E-state index in [9.17, 15) is 18.8 Å². The van der Waals surface area contributed by atoms with Gasteiger partial charge in [0.25, 0.3) is 5.91 Å². The first kappa shape index (κ1) is 24.1. The number of cyclic esters (lactones) is 1. The number of benzene rings is 4. The third kappa shape index (κ3) is 5.03. The molecule has 2 atom stereocenters. The third-order valence-electron chi connectivity index (χ3n) is 6.21. The number of imide groups is 1. The molecule has 1 saturated heterocycles. The number of rotatable bonds is 8. The van der Waals surface area contributed by atoms with Gasteiger partial charge in [0, 0.05) is 5.56 Å². The van der Waals surface area contributed by atoms with Crippen molar-refractivity contribution in [3.63, 3.8) is 0 Å². The monoisotopic (exact) mass is 494 g/mol. The van der Waals surface area contributed by atoms with Gasteiger partial charge in [-0.2, -0.15) is 0 Å². The van der Waals surface area contributed by atoms with E-state index in [0.29, 0.717) is 5.69 Å². The number of carbonyl (C=O) groups excluding carboxylic acids is 3. The Hall–Kier alpha value is -4.62. The van der Waals surface area contributed by atoms with Crippen molar-refractivity contribution in [2.24, 2.45) is 0 Å². The Morgan fingerprint density at radius 2 is 1.27 bits per heavy atom. The van der Waals surface area contributed by atoms with E-state index in [-0.39, 0.29) is 5.56 Å². The van der Waals surface area contributed by atoms with E-state index >= 15 is 0 Å². The van der Waals surface area contributed by atoms with Crippen molar-refractivity contribution in [2.75, 3.05) is 4.90 Å². The molecule has 0 radical (unpaired) electrons. The van der Waals surface area contributed by atoms with E-state index in [4.69, 9.17) is 4.74 Å². The minimum Gasteiger partial charge on any atom is -0.433 e. The fourth-order valence-corrected chi connectivity index (χ4v) is 4.40.